The third-order valence-electron chi connectivity index (χ3n) is 5.19. The van der Waals surface area contributed by atoms with Crippen LogP contribution in [0, 0.1) is 0 Å². The second-order valence-corrected chi connectivity index (χ2v) is 12.4. The number of nitrogens with zero attached hydrogens (tertiary/aromatic N) is 7. The molecule has 1 aliphatic heterocycles. The number of aromatic nitrogens is 4. The van der Waals surface area contributed by atoms with Gasteiger partial charge in [-0.1, -0.05) is 5.11 Å². The fourth-order valence-corrected chi connectivity index (χ4v) is 6.66. The van der Waals surface area contributed by atoms with Crippen LogP contribution < -0.4 is 5.73 Å². The van der Waals surface area contributed by atoms with Gasteiger partial charge in [-0.25, -0.2) is 33.4 Å². The van der Waals surface area contributed by atoms with Crippen molar-refractivity contribution >= 4 is 46.4 Å². The van der Waals surface area contributed by atoms with Crippen LogP contribution in [0.4, 0.5) is 5.82 Å². The first-order valence-electron chi connectivity index (χ1n) is 10.8. The summed E-state index contributed by atoms with van der Waals surface area (Å²) >= 11 is 0. The minimum absolute atomic E-state index is 0.0595. The molecule has 1 saturated heterocycles. The summed E-state index contributed by atoms with van der Waals surface area (Å²) < 4.78 is 64.6. The summed E-state index contributed by atoms with van der Waals surface area (Å²) in [4.78, 5) is 64.0. The molecule has 222 valence electrons. The molecule has 5 atom stereocenters. The number of furan rings is 1. The van der Waals surface area contributed by atoms with Crippen molar-refractivity contribution in [2.75, 3.05) is 12.3 Å². The Morgan fingerprint density at radius 2 is 1.95 bits per heavy atom. The highest BCUT2D eigenvalue weighted by molar-refractivity contribution is 7.66. The van der Waals surface area contributed by atoms with Gasteiger partial charge in [0.25, 0.3) is 0 Å². The Kier molecular flexibility index (Phi) is 8.95. The van der Waals surface area contributed by atoms with Crippen LogP contribution in [0.5, 0.6) is 0 Å². The molecule has 3 unspecified atom stereocenters. The molecule has 0 spiro atoms. The van der Waals surface area contributed by atoms with E-state index in [2.05, 4.69) is 38.1 Å². The molecule has 0 aliphatic carbocycles. The number of fused-ring (bicyclic) bond motifs is 1. The molecule has 22 nitrogen and oxygen atoms in total. The van der Waals surface area contributed by atoms with E-state index in [9.17, 15) is 28.3 Å². The van der Waals surface area contributed by atoms with Crippen molar-refractivity contribution in [2.45, 2.75) is 31.4 Å². The molecule has 0 bridgehead atoms. The number of azide groups is 1. The average molecular weight is 640 g/mol. The predicted molar refractivity (Wildman–Crippen MR) is 129 cm³/mol. The first kappa shape index (κ1) is 30.7. The number of anilines is 1. The van der Waals surface area contributed by atoms with Crippen molar-refractivity contribution in [3.8, 4) is 0 Å². The van der Waals surface area contributed by atoms with E-state index in [1.807, 2.05) is 0 Å². The molecule has 25 heteroatoms. The lowest BCUT2D eigenvalue weighted by Crippen LogP contribution is -2.31. The number of carbonyl (C=O) groups excluding carboxylic acids is 1. The summed E-state index contributed by atoms with van der Waals surface area (Å²) in [5.74, 6) is -1.27. The van der Waals surface area contributed by atoms with Gasteiger partial charge in [0.1, 0.15) is 30.3 Å². The Morgan fingerprint density at radius 1 is 1.20 bits per heavy atom. The second kappa shape index (κ2) is 11.9. The van der Waals surface area contributed by atoms with Crippen molar-refractivity contribution in [3.63, 3.8) is 0 Å². The molecule has 4 rings (SSSR count). The molecular weight excluding hydrogens is 621 g/mol. The molecule has 0 radical (unpaired) electrons. The maximum absolute atomic E-state index is 12.9. The van der Waals surface area contributed by atoms with Crippen LogP contribution in [0.2, 0.25) is 0 Å². The van der Waals surface area contributed by atoms with E-state index in [1.165, 1.54) is 17.0 Å². The standard InChI is InChI=1S/C16H19N8O14P3/c17-14-12-15(20-6-19-14)24(7-21-12)11-3-9(36-16(25)13-8(1-2-33-13)4-22-23-18)10(35-11)5-34-40(29,30)38-41(31,32)37-39(26,27)28/h1-2,6-7,9-11H,3-5H2,(H,29,30)(H,31,32)(H2,17,19,20)(H2,26,27,28)/t9?,10-,11-/m1/s1. The number of ether oxygens (including phenoxy) is 2. The number of phosphoric acid groups is 3. The van der Waals surface area contributed by atoms with Gasteiger partial charge in [0.05, 0.1) is 25.7 Å². The SMILES string of the molecule is [N-]=[N+]=NCc1ccoc1C(=O)OC1C[C@H](n2cnc3c(N)ncnc32)O[C@@H]1COP(=O)(O)OP(=O)(O)OP(=O)(O)O. The molecule has 0 saturated carbocycles. The van der Waals surface area contributed by atoms with Gasteiger partial charge >= 0.3 is 29.4 Å². The number of rotatable bonds is 12. The first-order valence-corrected chi connectivity index (χ1v) is 15.3. The summed E-state index contributed by atoms with van der Waals surface area (Å²) in [6.45, 7) is -1.16. The van der Waals surface area contributed by atoms with E-state index < -0.39 is 54.5 Å². The second-order valence-electron chi connectivity index (χ2n) is 7.94. The number of nitrogens with two attached hydrogens (primary N) is 1. The van der Waals surface area contributed by atoms with E-state index in [0.717, 1.165) is 12.6 Å². The maximum atomic E-state index is 12.9. The van der Waals surface area contributed by atoms with Crippen molar-refractivity contribution < 1.29 is 65.1 Å². The molecule has 4 heterocycles. The highest BCUT2D eigenvalue weighted by Gasteiger charge is 2.44. The van der Waals surface area contributed by atoms with Crippen molar-refractivity contribution in [1.29, 1.82) is 0 Å². The number of hydrogen-bond acceptors (Lipinski definition) is 15. The Hall–Kier alpha value is -3.22. The zero-order valence-corrected chi connectivity index (χ0v) is 22.8. The third-order valence-corrected chi connectivity index (χ3v) is 8.99. The monoisotopic (exact) mass is 640 g/mol. The largest absolute Gasteiger partial charge is 0.490 e. The Morgan fingerprint density at radius 3 is 2.66 bits per heavy atom. The Labute approximate surface area is 227 Å². The molecule has 6 N–H and O–H groups in total. The minimum Gasteiger partial charge on any atom is -0.457 e. The lowest BCUT2D eigenvalue weighted by atomic mass is 10.2. The van der Waals surface area contributed by atoms with E-state index in [-0.39, 0.29) is 41.3 Å². The zero-order chi connectivity index (χ0) is 30.0. The summed E-state index contributed by atoms with van der Waals surface area (Å²) in [7, 11) is -16.9. The highest BCUT2D eigenvalue weighted by Crippen LogP contribution is 2.66. The number of phosphoric ester groups is 1. The smallest absolute Gasteiger partial charge is 0.457 e. The highest BCUT2D eigenvalue weighted by atomic mass is 31.3. The fraction of sp³-hybridized carbons (Fsp3) is 0.375. The van der Waals surface area contributed by atoms with Gasteiger partial charge in [-0.05, 0) is 11.6 Å². The van der Waals surface area contributed by atoms with Crippen molar-refractivity contribution in [3.05, 3.63) is 46.8 Å². The number of hydrogen-bond donors (Lipinski definition) is 5. The third kappa shape index (κ3) is 7.75. The molecule has 3 aromatic heterocycles. The van der Waals surface area contributed by atoms with Crippen LogP contribution >= 0.6 is 23.5 Å². The molecule has 1 fully saturated rings. The fourth-order valence-electron chi connectivity index (χ4n) is 3.64. The number of esters is 1. The quantitative estimate of drug-likeness (QED) is 0.0617. The first-order chi connectivity index (χ1) is 19.2. The molecule has 0 amide bonds. The lowest BCUT2D eigenvalue weighted by molar-refractivity contribution is -0.0497. The van der Waals surface area contributed by atoms with Crippen LogP contribution in [-0.4, -0.2) is 63.9 Å². The number of nitrogen functional groups attached to an aromatic ring is 1. The minimum atomic E-state index is -5.78. The van der Waals surface area contributed by atoms with Crippen molar-refractivity contribution in [1.82, 2.24) is 19.5 Å². The van der Waals surface area contributed by atoms with Gasteiger partial charge < -0.3 is 39.2 Å². The summed E-state index contributed by atoms with van der Waals surface area (Å²) in [6.07, 6.45) is -0.0962. The summed E-state index contributed by atoms with van der Waals surface area (Å²) in [5.41, 5.74) is 15.0. The van der Waals surface area contributed by atoms with Crippen LogP contribution in [0.25, 0.3) is 21.6 Å². The van der Waals surface area contributed by atoms with Crippen LogP contribution in [-0.2, 0) is 42.9 Å². The maximum Gasteiger partial charge on any atom is 0.490 e. The average Bonchev–Trinajstić information content (AvgIpc) is 3.58. The van der Waals surface area contributed by atoms with Gasteiger partial charge in [-0.3, -0.25) is 9.09 Å². The van der Waals surface area contributed by atoms with Gasteiger partial charge in [0.15, 0.2) is 11.5 Å². The molecule has 3 aromatic rings. The van der Waals surface area contributed by atoms with Crippen LogP contribution in [0.15, 0.2) is 34.5 Å². The zero-order valence-electron chi connectivity index (χ0n) is 20.1. The topological polar surface area (TPSA) is 327 Å². The molecule has 41 heavy (non-hydrogen) atoms. The van der Waals surface area contributed by atoms with Crippen LogP contribution in [0.3, 0.4) is 0 Å². The van der Waals surface area contributed by atoms with Crippen molar-refractivity contribution in [2.24, 2.45) is 5.11 Å². The van der Waals surface area contributed by atoms with Gasteiger partial charge in [0, 0.05) is 16.9 Å². The molecule has 1 aliphatic rings. The van der Waals surface area contributed by atoms with E-state index in [0.29, 0.717) is 0 Å². The van der Waals surface area contributed by atoms with Gasteiger partial charge in [-0.15, -0.1) is 0 Å². The molecule has 0 aromatic carbocycles. The molecular formula is C16H19N8O14P3. The predicted octanol–water partition coefficient (Wildman–Crippen LogP) is 1.67. The summed E-state index contributed by atoms with van der Waals surface area (Å²) in [5, 5.41) is 3.35. The number of imidazole rings is 1. The lowest BCUT2D eigenvalue weighted by Gasteiger charge is -2.21. The number of carbonyl (C=O) groups is 1. The Balaban J connectivity index is 1.55. The van der Waals surface area contributed by atoms with Gasteiger partial charge in [-0.2, -0.15) is 8.62 Å². The Bertz CT molecular complexity index is 1630. The van der Waals surface area contributed by atoms with E-state index in [1.54, 1.807) is 0 Å². The summed E-state index contributed by atoms with van der Waals surface area (Å²) in [6, 6.07) is 1.37. The van der Waals surface area contributed by atoms with Crippen LogP contribution in [0.1, 0.15) is 28.8 Å². The van der Waals surface area contributed by atoms with E-state index >= 15 is 0 Å². The normalized spacial score (nSPS) is 22.1. The van der Waals surface area contributed by atoms with E-state index in [4.69, 9.17) is 34.9 Å². The van der Waals surface area contributed by atoms with Gasteiger partial charge in [0.2, 0.25) is 5.76 Å².